The van der Waals surface area contributed by atoms with Gasteiger partial charge in [0.25, 0.3) is 0 Å². The molecule has 2 aromatic rings. The first-order valence-electron chi connectivity index (χ1n) is 6.71. The lowest BCUT2D eigenvalue weighted by molar-refractivity contribution is 0.275. The van der Waals surface area contributed by atoms with Crippen molar-refractivity contribution in [2.45, 2.75) is 26.4 Å². The van der Waals surface area contributed by atoms with E-state index in [0.717, 1.165) is 26.1 Å². The van der Waals surface area contributed by atoms with Gasteiger partial charge in [0, 0.05) is 35.3 Å². The highest BCUT2D eigenvalue weighted by molar-refractivity contribution is 7.11. The van der Waals surface area contributed by atoms with Crippen molar-refractivity contribution in [3.8, 4) is 0 Å². The van der Waals surface area contributed by atoms with Crippen LogP contribution < -0.4 is 0 Å². The normalized spacial score (nSPS) is 11.1. The Hall–Kier alpha value is -0.830. The largest absolute Gasteiger partial charge is 0.293 e. The predicted octanol–water partition coefficient (Wildman–Crippen LogP) is 4.55. The quantitative estimate of drug-likeness (QED) is 0.677. The molecule has 0 unspecified atom stereocenters. The first-order chi connectivity index (χ1) is 9.31. The lowest BCUT2D eigenvalue weighted by Gasteiger charge is -2.20. The fourth-order valence-electron chi connectivity index (χ4n) is 2.09. The highest BCUT2D eigenvalue weighted by Gasteiger charge is 2.08. The summed E-state index contributed by atoms with van der Waals surface area (Å²) in [7, 11) is 0. The van der Waals surface area contributed by atoms with Gasteiger partial charge in [-0.25, -0.2) is 0 Å². The van der Waals surface area contributed by atoms with Crippen LogP contribution in [0.4, 0.5) is 0 Å². The summed E-state index contributed by atoms with van der Waals surface area (Å²) >= 11 is 7.84. The molecule has 0 fully saturated rings. The number of rotatable bonds is 7. The summed E-state index contributed by atoms with van der Waals surface area (Å²) in [6.45, 7) is 5.09. The van der Waals surface area contributed by atoms with Gasteiger partial charge in [-0.05, 0) is 24.1 Å². The minimum Gasteiger partial charge on any atom is -0.293 e. The molecular formula is C16H20ClNS. The Morgan fingerprint density at radius 2 is 1.74 bits per heavy atom. The van der Waals surface area contributed by atoms with Gasteiger partial charge in [0.15, 0.2) is 0 Å². The number of hydrogen-bond acceptors (Lipinski definition) is 2. The Kier molecular flexibility index (Phi) is 5.90. The average Bonchev–Trinajstić information content (AvgIpc) is 2.88. The molecule has 1 aromatic carbocycles. The fraction of sp³-hybridized carbons (Fsp3) is 0.375. The van der Waals surface area contributed by atoms with Crippen LogP contribution >= 0.6 is 22.9 Å². The fourth-order valence-corrected chi connectivity index (χ4v) is 3.33. The Morgan fingerprint density at radius 3 is 2.37 bits per heavy atom. The van der Waals surface area contributed by atoms with Crippen LogP contribution in [0, 0.1) is 0 Å². The summed E-state index contributed by atoms with van der Waals surface area (Å²) in [5.74, 6) is 0.679. The molecule has 19 heavy (non-hydrogen) atoms. The maximum atomic E-state index is 5.92. The van der Waals surface area contributed by atoms with E-state index in [0.29, 0.717) is 5.88 Å². The van der Waals surface area contributed by atoms with Crippen LogP contribution in [0.1, 0.15) is 22.2 Å². The van der Waals surface area contributed by atoms with Crippen LogP contribution in [-0.4, -0.2) is 17.3 Å². The molecule has 0 aliphatic rings. The van der Waals surface area contributed by atoms with E-state index in [2.05, 4.69) is 54.3 Å². The maximum absolute atomic E-state index is 5.92. The lowest BCUT2D eigenvalue weighted by atomic mass is 10.2. The van der Waals surface area contributed by atoms with Crippen LogP contribution in [0.15, 0.2) is 42.5 Å². The van der Waals surface area contributed by atoms with E-state index in [4.69, 9.17) is 11.6 Å². The van der Waals surface area contributed by atoms with Gasteiger partial charge in [-0.3, -0.25) is 4.90 Å². The number of alkyl halides is 1. The second-order valence-electron chi connectivity index (χ2n) is 4.61. The van der Waals surface area contributed by atoms with Gasteiger partial charge in [0.05, 0.1) is 0 Å². The number of hydrogen-bond donors (Lipinski definition) is 0. The zero-order valence-corrected chi connectivity index (χ0v) is 12.9. The van der Waals surface area contributed by atoms with Crippen molar-refractivity contribution >= 4 is 22.9 Å². The van der Waals surface area contributed by atoms with Gasteiger partial charge >= 0.3 is 0 Å². The van der Waals surface area contributed by atoms with E-state index in [1.54, 1.807) is 0 Å². The summed E-state index contributed by atoms with van der Waals surface area (Å²) in [4.78, 5) is 5.30. The summed E-state index contributed by atoms with van der Waals surface area (Å²) in [6, 6.07) is 15.1. The van der Waals surface area contributed by atoms with Crippen LogP contribution in [0.25, 0.3) is 0 Å². The van der Waals surface area contributed by atoms with Gasteiger partial charge in [-0.1, -0.05) is 37.3 Å². The van der Waals surface area contributed by atoms with E-state index in [9.17, 15) is 0 Å². The maximum Gasteiger partial charge on any atom is 0.0351 e. The molecule has 1 heterocycles. The number of benzene rings is 1. The highest BCUT2D eigenvalue weighted by atomic mass is 35.5. The Balaban J connectivity index is 1.99. The van der Waals surface area contributed by atoms with Crippen LogP contribution in [0.2, 0.25) is 0 Å². The zero-order chi connectivity index (χ0) is 13.5. The van der Waals surface area contributed by atoms with Gasteiger partial charge in [-0.15, -0.1) is 22.9 Å². The van der Waals surface area contributed by atoms with E-state index < -0.39 is 0 Å². The number of thiophene rings is 1. The molecule has 0 atom stereocenters. The molecule has 0 aliphatic heterocycles. The summed E-state index contributed by atoms with van der Waals surface area (Å²) in [5, 5.41) is 0. The predicted molar refractivity (Wildman–Crippen MR) is 85.0 cm³/mol. The van der Waals surface area contributed by atoms with Crippen molar-refractivity contribution in [2.75, 3.05) is 12.4 Å². The molecular weight excluding hydrogens is 274 g/mol. The lowest BCUT2D eigenvalue weighted by Crippen LogP contribution is -2.24. The molecule has 0 amide bonds. The second-order valence-corrected chi connectivity index (χ2v) is 6.24. The molecule has 0 N–H and O–H groups in total. The van der Waals surface area contributed by atoms with Crippen molar-refractivity contribution in [1.29, 1.82) is 0 Å². The molecule has 102 valence electrons. The highest BCUT2D eigenvalue weighted by Crippen LogP contribution is 2.19. The first kappa shape index (κ1) is 14.6. The third-order valence-electron chi connectivity index (χ3n) is 3.09. The average molecular weight is 294 g/mol. The number of nitrogens with zero attached hydrogens (tertiary/aromatic N) is 1. The van der Waals surface area contributed by atoms with Crippen LogP contribution in [-0.2, 0) is 19.5 Å². The number of aryl methyl sites for hydroxylation is 1. The van der Waals surface area contributed by atoms with E-state index in [1.165, 1.54) is 15.3 Å². The van der Waals surface area contributed by atoms with Crippen molar-refractivity contribution in [1.82, 2.24) is 4.90 Å². The van der Waals surface area contributed by atoms with Crippen LogP contribution in [0.5, 0.6) is 0 Å². The van der Waals surface area contributed by atoms with Gasteiger partial charge in [0.2, 0.25) is 0 Å². The molecule has 0 saturated carbocycles. The molecule has 2 rings (SSSR count). The van der Waals surface area contributed by atoms with Crippen molar-refractivity contribution in [2.24, 2.45) is 0 Å². The monoisotopic (exact) mass is 293 g/mol. The van der Waals surface area contributed by atoms with Crippen molar-refractivity contribution in [3.63, 3.8) is 0 Å². The van der Waals surface area contributed by atoms with E-state index >= 15 is 0 Å². The summed E-state index contributed by atoms with van der Waals surface area (Å²) < 4.78 is 0. The summed E-state index contributed by atoms with van der Waals surface area (Å²) in [5.41, 5.74) is 1.35. The molecule has 0 saturated heterocycles. The van der Waals surface area contributed by atoms with Crippen molar-refractivity contribution < 1.29 is 0 Å². The Morgan fingerprint density at radius 1 is 1.00 bits per heavy atom. The van der Waals surface area contributed by atoms with E-state index in [-0.39, 0.29) is 0 Å². The molecule has 0 spiro atoms. The Bertz CT molecular complexity index is 481. The molecule has 0 bridgehead atoms. The molecule has 0 aliphatic carbocycles. The second kappa shape index (κ2) is 7.68. The molecule has 1 nitrogen and oxygen atoms in total. The molecule has 3 heteroatoms. The molecule has 1 aromatic heterocycles. The molecule has 0 radical (unpaired) electrons. The van der Waals surface area contributed by atoms with Gasteiger partial charge in [-0.2, -0.15) is 0 Å². The smallest absolute Gasteiger partial charge is 0.0351 e. The third-order valence-corrected chi connectivity index (χ3v) is 4.48. The number of halogens is 1. The SMILES string of the molecule is CCc1ccc(CN(CCCl)Cc2ccccc2)s1. The third kappa shape index (κ3) is 4.64. The van der Waals surface area contributed by atoms with E-state index in [1.807, 2.05) is 11.3 Å². The van der Waals surface area contributed by atoms with Crippen molar-refractivity contribution in [3.05, 3.63) is 57.8 Å². The minimum atomic E-state index is 0.679. The van der Waals surface area contributed by atoms with Gasteiger partial charge in [0.1, 0.15) is 0 Å². The van der Waals surface area contributed by atoms with Crippen LogP contribution in [0.3, 0.4) is 0 Å². The zero-order valence-electron chi connectivity index (χ0n) is 11.3. The summed E-state index contributed by atoms with van der Waals surface area (Å²) in [6.07, 6.45) is 1.12. The first-order valence-corrected chi connectivity index (χ1v) is 8.06. The Labute approximate surface area is 124 Å². The van der Waals surface area contributed by atoms with Gasteiger partial charge < -0.3 is 0 Å². The standard InChI is InChI=1S/C16H20ClNS/c1-2-15-8-9-16(19-15)13-18(11-10-17)12-14-6-4-3-5-7-14/h3-9H,2,10-13H2,1H3. The minimum absolute atomic E-state index is 0.679. The topological polar surface area (TPSA) is 3.24 Å².